The molecule has 2 rings (SSSR count). The van der Waals surface area contributed by atoms with Crippen molar-refractivity contribution in [2.24, 2.45) is 0 Å². The van der Waals surface area contributed by atoms with E-state index in [1.165, 1.54) is 5.56 Å². The summed E-state index contributed by atoms with van der Waals surface area (Å²) in [7, 11) is 0. The van der Waals surface area contributed by atoms with Crippen molar-refractivity contribution in [2.45, 2.75) is 12.8 Å². The zero-order valence-corrected chi connectivity index (χ0v) is 10.3. The fourth-order valence-electron chi connectivity index (χ4n) is 1.39. The molecule has 0 saturated heterocycles. The van der Waals surface area contributed by atoms with Crippen LogP contribution in [0.2, 0.25) is 0 Å². The maximum atomic E-state index is 5.60. The molecule has 0 spiro atoms. The Bertz CT molecular complexity index is 439. The second-order valence-electron chi connectivity index (χ2n) is 3.29. The quantitative estimate of drug-likeness (QED) is 0.886. The fraction of sp³-hybridized carbons (Fsp3) is 0.182. The van der Waals surface area contributed by atoms with Gasteiger partial charge in [0.15, 0.2) is 11.6 Å². The summed E-state index contributed by atoms with van der Waals surface area (Å²) in [6, 6.07) is 10.3. The highest BCUT2D eigenvalue weighted by atomic mass is 127. The molecule has 0 aliphatic heterocycles. The van der Waals surface area contributed by atoms with Gasteiger partial charge in [0, 0.05) is 6.42 Å². The Morgan fingerprint density at radius 1 is 1.20 bits per heavy atom. The maximum Gasteiger partial charge on any atom is 0.180 e. The molecule has 2 aromatic rings. The van der Waals surface area contributed by atoms with Crippen LogP contribution < -0.4 is 5.73 Å². The number of aryl methyl sites for hydroxylation is 2. The van der Waals surface area contributed by atoms with Gasteiger partial charge >= 0.3 is 0 Å². The van der Waals surface area contributed by atoms with Crippen molar-refractivity contribution < 1.29 is 4.52 Å². The predicted molar refractivity (Wildman–Crippen MR) is 67.5 cm³/mol. The number of aromatic nitrogens is 1. The van der Waals surface area contributed by atoms with Gasteiger partial charge in [0.2, 0.25) is 0 Å². The summed E-state index contributed by atoms with van der Waals surface area (Å²) in [5.41, 5.74) is 6.89. The van der Waals surface area contributed by atoms with Gasteiger partial charge in [-0.15, -0.1) is 0 Å². The molecule has 0 aliphatic carbocycles. The molecule has 78 valence electrons. The Morgan fingerprint density at radius 3 is 2.53 bits per heavy atom. The van der Waals surface area contributed by atoms with Crippen LogP contribution in [0.5, 0.6) is 0 Å². The third-order valence-corrected chi connectivity index (χ3v) is 3.36. The number of anilines is 1. The van der Waals surface area contributed by atoms with Gasteiger partial charge in [-0.1, -0.05) is 35.5 Å². The van der Waals surface area contributed by atoms with Crippen LogP contribution in [-0.4, -0.2) is 5.16 Å². The molecule has 3 nitrogen and oxygen atoms in total. The minimum Gasteiger partial charge on any atom is -0.380 e. The van der Waals surface area contributed by atoms with E-state index in [4.69, 9.17) is 10.3 Å². The third kappa shape index (κ3) is 2.50. The first kappa shape index (κ1) is 10.5. The second-order valence-corrected chi connectivity index (χ2v) is 4.37. The molecule has 0 unspecified atom stereocenters. The van der Waals surface area contributed by atoms with Gasteiger partial charge in [-0.3, -0.25) is 0 Å². The van der Waals surface area contributed by atoms with Crippen LogP contribution in [0.15, 0.2) is 34.9 Å². The van der Waals surface area contributed by atoms with Crippen molar-refractivity contribution in [1.82, 2.24) is 5.16 Å². The van der Waals surface area contributed by atoms with Crippen LogP contribution in [0.1, 0.15) is 11.3 Å². The lowest BCUT2D eigenvalue weighted by molar-refractivity contribution is 0.385. The standard InChI is InChI=1S/C11H11IN2O/c12-10-9(15-14-11(10)13)7-6-8-4-2-1-3-5-8/h1-5H,6-7H2,(H2,13,14). The topological polar surface area (TPSA) is 52.0 Å². The van der Waals surface area contributed by atoms with Gasteiger partial charge in [-0.05, 0) is 34.6 Å². The molecule has 0 atom stereocenters. The first-order valence-electron chi connectivity index (χ1n) is 4.71. The molecule has 0 fully saturated rings. The number of hydrogen-bond acceptors (Lipinski definition) is 3. The van der Waals surface area contributed by atoms with Crippen LogP contribution >= 0.6 is 22.6 Å². The summed E-state index contributed by atoms with van der Waals surface area (Å²) in [6.45, 7) is 0. The van der Waals surface area contributed by atoms with E-state index in [1.54, 1.807) is 0 Å². The zero-order chi connectivity index (χ0) is 10.7. The number of rotatable bonds is 3. The van der Waals surface area contributed by atoms with Crippen LogP contribution in [0.25, 0.3) is 0 Å². The molecule has 0 radical (unpaired) electrons. The summed E-state index contributed by atoms with van der Waals surface area (Å²) >= 11 is 2.16. The number of hydrogen-bond donors (Lipinski definition) is 1. The summed E-state index contributed by atoms with van der Waals surface area (Å²) < 4.78 is 6.07. The molecule has 0 aliphatic rings. The van der Waals surface area contributed by atoms with E-state index in [2.05, 4.69) is 39.9 Å². The molecule has 1 aromatic heterocycles. The van der Waals surface area contributed by atoms with E-state index in [0.29, 0.717) is 5.82 Å². The molecule has 1 aromatic carbocycles. The van der Waals surface area contributed by atoms with Crippen molar-refractivity contribution in [3.05, 3.63) is 45.2 Å². The van der Waals surface area contributed by atoms with Crippen LogP contribution in [0.3, 0.4) is 0 Å². The third-order valence-electron chi connectivity index (χ3n) is 2.21. The second kappa shape index (κ2) is 4.65. The van der Waals surface area contributed by atoms with Gasteiger partial charge < -0.3 is 10.3 Å². The van der Waals surface area contributed by atoms with E-state index in [-0.39, 0.29) is 0 Å². The van der Waals surface area contributed by atoms with E-state index >= 15 is 0 Å². The largest absolute Gasteiger partial charge is 0.380 e. The first-order valence-corrected chi connectivity index (χ1v) is 5.78. The van der Waals surface area contributed by atoms with Crippen LogP contribution in [0, 0.1) is 3.57 Å². The lowest BCUT2D eigenvalue weighted by Crippen LogP contribution is -1.92. The molecule has 4 heteroatoms. The smallest absolute Gasteiger partial charge is 0.180 e. The number of benzene rings is 1. The molecule has 0 saturated carbocycles. The monoisotopic (exact) mass is 314 g/mol. The molecule has 0 amide bonds. The van der Waals surface area contributed by atoms with Gasteiger partial charge in [0.1, 0.15) is 0 Å². The number of halogens is 1. The summed E-state index contributed by atoms with van der Waals surface area (Å²) in [5.74, 6) is 1.36. The molecule has 2 N–H and O–H groups in total. The normalized spacial score (nSPS) is 10.5. The van der Waals surface area contributed by atoms with Gasteiger partial charge in [0.25, 0.3) is 0 Å². The average Bonchev–Trinajstić information content (AvgIpc) is 2.59. The van der Waals surface area contributed by atoms with E-state index in [1.807, 2.05) is 18.2 Å². The average molecular weight is 314 g/mol. The van der Waals surface area contributed by atoms with Crippen molar-refractivity contribution in [2.75, 3.05) is 5.73 Å². The Morgan fingerprint density at radius 2 is 1.93 bits per heavy atom. The van der Waals surface area contributed by atoms with E-state index < -0.39 is 0 Å². The Hall–Kier alpha value is -1.04. The van der Waals surface area contributed by atoms with E-state index in [9.17, 15) is 0 Å². The first-order chi connectivity index (χ1) is 7.27. The summed E-state index contributed by atoms with van der Waals surface area (Å²) in [6.07, 6.45) is 1.79. The molecular weight excluding hydrogens is 303 g/mol. The van der Waals surface area contributed by atoms with Crippen LogP contribution in [-0.2, 0) is 12.8 Å². The van der Waals surface area contributed by atoms with Gasteiger partial charge in [-0.25, -0.2) is 0 Å². The number of nitrogens with two attached hydrogens (primary N) is 1. The highest BCUT2D eigenvalue weighted by molar-refractivity contribution is 14.1. The Kier molecular flexibility index (Phi) is 3.25. The predicted octanol–water partition coefficient (Wildman–Crippen LogP) is 2.65. The van der Waals surface area contributed by atoms with Crippen molar-refractivity contribution in [3.8, 4) is 0 Å². The lowest BCUT2D eigenvalue weighted by atomic mass is 10.1. The van der Waals surface area contributed by atoms with Crippen molar-refractivity contribution >= 4 is 28.4 Å². The highest BCUT2D eigenvalue weighted by Crippen LogP contribution is 2.20. The molecule has 0 bridgehead atoms. The molecule has 15 heavy (non-hydrogen) atoms. The van der Waals surface area contributed by atoms with Crippen molar-refractivity contribution in [1.29, 1.82) is 0 Å². The lowest BCUT2D eigenvalue weighted by Gasteiger charge is -1.98. The van der Waals surface area contributed by atoms with Gasteiger partial charge in [-0.2, -0.15) is 0 Å². The Balaban J connectivity index is 2.02. The van der Waals surface area contributed by atoms with Crippen LogP contribution in [0.4, 0.5) is 5.82 Å². The molecular formula is C11H11IN2O. The zero-order valence-electron chi connectivity index (χ0n) is 8.11. The van der Waals surface area contributed by atoms with Crippen molar-refractivity contribution in [3.63, 3.8) is 0 Å². The molecule has 1 heterocycles. The Labute approximate surface area is 102 Å². The number of nitrogen functional groups attached to an aromatic ring is 1. The highest BCUT2D eigenvalue weighted by Gasteiger charge is 2.10. The van der Waals surface area contributed by atoms with E-state index in [0.717, 1.165) is 22.2 Å². The summed E-state index contributed by atoms with van der Waals surface area (Å²) in [4.78, 5) is 0. The fourth-order valence-corrected chi connectivity index (χ4v) is 1.85. The minimum atomic E-state index is 0.485. The van der Waals surface area contributed by atoms with Gasteiger partial charge in [0.05, 0.1) is 3.57 Å². The SMILES string of the molecule is Nc1noc(CCc2ccccc2)c1I. The maximum absolute atomic E-state index is 5.60. The number of nitrogens with zero attached hydrogens (tertiary/aromatic N) is 1. The summed E-state index contributed by atoms with van der Waals surface area (Å²) in [5, 5.41) is 3.72. The minimum absolute atomic E-state index is 0.485.